The van der Waals surface area contributed by atoms with E-state index in [-0.39, 0.29) is 54.0 Å². The summed E-state index contributed by atoms with van der Waals surface area (Å²) >= 11 is 0. The summed E-state index contributed by atoms with van der Waals surface area (Å²) in [4.78, 5) is 67.0. The average molecular weight is 1100 g/mol. The van der Waals surface area contributed by atoms with Crippen molar-refractivity contribution in [2.24, 2.45) is 17.3 Å². The van der Waals surface area contributed by atoms with Crippen molar-refractivity contribution >= 4 is 34.4 Å². The number of oxazole rings is 1. The number of pyridine rings is 2. The van der Waals surface area contributed by atoms with E-state index in [0.29, 0.717) is 76.3 Å². The van der Waals surface area contributed by atoms with Gasteiger partial charge in [-0.3, -0.25) is 39.2 Å². The zero-order valence-corrected chi connectivity index (χ0v) is 48.0. The Labute approximate surface area is 470 Å². The summed E-state index contributed by atoms with van der Waals surface area (Å²) in [5.41, 5.74) is 10.8. The van der Waals surface area contributed by atoms with Gasteiger partial charge < -0.3 is 38.1 Å². The lowest BCUT2D eigenvalue weighted by atomic mass is 9.84. The van der Waals surface area contributed by atoms with E-state index in [9.17, 15) is 9.59 Å². The average Bonchev–Trinajstić information content (AvgIpc) is 4.31. The van der Waals surface area contributed by atoms with Crippen LogP contribution in [0.15, 0.2) is 65.5 Å². The second-order valence-electron chi connectivity index (χ2n) is 25.2. The molecule has 8 atom stereocenters. The molecule has 5 aliphatic heterocycles. The summed E-state index contributed by atoms with van der Waals surface area (Å²) in [5, 5.41) is 5.82. The van der Waals surface area contributed by atoms with Crippen molar-refractivity contribution in [3.05, 3.63) is 84.0 Å². The first-order chi connectivity index (χ1) is 38.6. The van der Waals surface area contributed by atoms with Gasteiger partial charge in [0.2, 0.25) is 11.8 Å². The number of carbonyl (C=O) groups is 3. The molecule has 4 saturated heterocycles. The van der Waals surface area contributed by atoms with Crippen LogP contribution in [0.1, 0.15) is 134 Å². The number of carbonyl (C=O) groups excluding carboxylic acids is 3. The Balaban J connectivity index is 0.988. The number of likely N-dealkylation sites (tertiary alicyclic amines) is 1. The predicted molar refractivity (Wildman–Crippen MR) is 303 cm³/mol. The summed E-state index contributed by atoms with van der Waals surface area (Å²) in [6.45, 7) is 20.1. The van der Waals surface area contributed by atoms with Crippen molar-refractivity contribution in [1.29, 1.82) is 0 Å². The van der Waals surface area contributed by atoms with E-state index in [1.54, 1.807) is 19.6 Å². The number of esters is 1. The SMILES string of the molecule is CO[C@@H](C)c1ncc(N2CCN(C3CC3)CC2)cc1-c1c2c3cc(ccc3n1CCO[C@H]1CCOC(C)(C)C1)-c1coc(n1)[C@@H](N1CCCC1)[C@H](NC(=O)[C@@H]1[C@@H](C)[C@H]1c1ccccn1)C(=O)N1CCC[C@H](N1)C(=O)OCC(C)(C)C2. The third-order valence-corrected chi connectivity index (χ3v) is 18.3. The highest BCUT2D eigenvalue weighted by Gasteiger charge is 2.55. The number of nitrogens with zero attached hydrogens (tertiary/aromatic N) is 8. The van der Waals surface area contributed by atoms with Gasteiger partial charge in [-0.15, -0.1) is 0 Å². The third kappa shape index (κ3) is 11.3. The number of fused-ring (bicyclic) bond motifs is 6. The first kappa shape index (κ1) is 54.8. The Morgan fingerprint density at radius 3 is 2.50 bits per heavy atom. The van der Waals surface area contributed by atoms with E-state index in [0.717, 1.165) is 102 Å². The van der Waals surface area contributed by atoms with Crippen LogP contribution in [0, 0.1) is 17.3 Å². The van der Waals surface area contributed by atoms with Gasteiger partial charge in [0.1, 0.15) is 30.1 Å². The molecule has 12 rings (SSSR count). The van der Waals surface area contributed by atoms with Gasteiger partial charge in [0.25, 0.3) is 5.91 Å². The minimum Gasteiger partial charge on any atom is -0.464 e. The van der Waals surface area contributed by atoms with Crippen LogP contribution in [-0.4, -0.2) is 155 Å². The molecule has 4 aromatic heterocycles. The Bertz CT molecular complexity index is 3050. The first-order valence-corrected chi connectivity index (χ1v) is 29.7. The molecule has 18 heteroatoms. The lowest BCUT2D eigenvalue weighted by Crippen LogP contribution is -2.62. The Morgan fingerprint density at radius 1 is 0.938 bits per heavy atom. The highest BCUT2D eigenvalue weighted by atomic mass is 16.5. The van der Waals surface area contributed by atoms with Crippen molar-refractivity contribution < 1.29 is 37.7 Å². The molecule has 2 N–H and O–H groups in total. The maximum atomic E-state index is 15.3. The van der Waals surface area contributed by atoms with E-state index in [4.69, 9.17) is 33.3 Å². The lowest BCUT2D eigenvalue weighted by Gasteiger charge is -2.38. The molecule has 0 radical (unpaired) electrons. The number of anilines is 1. The zero-order chi connectivity index (χ0) is 55.5. The minimum atomic E-state index is -1.10. The number of ether oxygens (including phenoxy) is 4. The molecule has 6 fully saturated rings. The molecular weight excluding hydrogens is 1010 g/mol. The molecule has 0 spiro atoms. The summed E-state index contributed by atoms with van der Waals surface area (Å²) in [6, 6.07) is 12.7. The van der Waals surface area contributed by atoms with E-state index in [1.165, 1.54) is 17.9 Å². The highest BCUT2D eigenvalue weighted by Crippen LogP contribution is 2.53. The van der Waals surface area contributed by atoms with Crippen molar-refractivity contribution in [2.45, 2.75) is 154 Å². The Kier molecular flexibility index (Phi) is 15.4. The molecular formula is C62H82N10O8. The zero-order valence-electron chi connectivity index (χ0n) is 48.0. The normalized spacial score (nSPS) is 27.9. The standard InChI is InChI=1S/C62H82N10O8/c1-38-51(47-13-8-9-20-63-47)52(38)57(73)66-54-56(70-21-10-11-22-70)58-65-49(36-78-58)40-15-18-50-44(31-40)46(34-61(3,4)37-79-60(75)48-14-12-23-72(67-48)59(54)74)55(71(50)28-30-77-43-19-29-80-62(5,6)33-43)45-32-42(35-64-53(45)39(2)76-7)69-26-24-68(25-27-69)41-16-17-41/h8-9,13,15,18,20,31-32,35-36,38-39,41,43,48,51-52,54,56,67H,10-12,14,16-17,19,21-30,33-34,37H2,1-7H3,(H,66,73)/t38-,39-,43-,48-,51-,52+,54-,56-/m0/s1. The number of hydrogen-bond acceptors (Lipinski definition) is 15. The van der Waals surface area contributed by atoms with Gasteiger partial charge in [0, 0.05) is 117 Å². The van der Waals surface area contributed by atoms with Crippen LogP contribution in [0.3, 0.4) is 0 Å². The van der Waals surface area contributed by atoms with Gasteiger partial charge in [0.05, 0.1) is 54.3 Å². The van der Waals surface area contributed by atoms with E-state index in [2.05, 4.69) is 101 Å². The largest absolute Gasteiger partial charge is 0.464 e. The maximum absolute atomic E-state index is 15.3. The fraction of sp³-hybridized carbons (Fsp3) is 0.613. The van der Waals surface area contributed by atoms with Gasteiger partial charge in [-0.2, -0.15) is 0 Å². The van der Waals surface area contributed by atoms with Crippen LogP contribution >= 0.6 is 0 Å². The fourth-order valence-electron chi connectivity index (χ4n) is 13.7. The van der Waals surface area contributed by atoms with E-state index < -0.39 is 29.5 Å². The smallest absolute Gasteiger partial charge is 0.324 e. The Morgan fingerprint density at radius 2 is 1.75 bits per heavy atom. The van der Waals surface area contributed by atoms with Crippen LogP contribution in [0.5, 0.6) is 0 Å². The second-order valence-corrected chi connectivity index (χ2v) is 25.2. The molecule has 2 saturated carbocycles. The number of nitrogens with one attached hydrogen (secondary N) is 2. The van der Waals surface area contributed by atoms with Crippen molar-refractivity contribution in [1.82, 2.24) is 45.1 Å². The van der Waals surface area contributed by atoms with Gasteiger partial charge in [-0.05, 0) is 127 Å². The number of rotatable bonds is 13. The van der Waals surface area contributed by atoms with Gasteiger partial charge in [-0.25, -0.2) is 10.4 Å². The number of amides is 2. The molecule has 18 nitrogen and oxygen atoms in total. The molecule has 5 aromatic rings. The van der Waals surface area contributed by atoms with Gasteiger partial charge in [0.15, 0.2) is 0 Å². The molecule has 80 heavy (non-hydrogen) atoms. The number of aromatic nitrogens is 4. The maximum Gasteiger partial charge on any atom is 0.324 e. The number of methoxy groups -OCH3 is 1. The molecule has 9 heterocycles. The molecule has 6 bridgehead atoms. The highest BCUT2D eigenvalue weighted by molar-refractivity contribution is 5.96. The van der Waals surface area contributed by atoms with Gasteiger partial charge >= 0.3 is 5.97 Å². The number of benzene rings is 1. The molecule has 0 unspecified atom stereocenters. The summed E-state index contributed by atoms with van der Waals surface area (Å²) in [6.07, 6.45) is 12.8. The quantitative estimate of drug-likeness (QED) is 0.108. The molecule has 1 aromatic carbocycles. The number of hydrogen-bond donors (Lipinski definition) is 2. The first-order valence-electron chi connectivity index (χ1n) is 29.7. The topological polar surface area (TPSA) is 182 Å². The van der Waals surface area contributed by atoms with Crippen molar-refractivity contribution in [3.8, 4) is 22.5 Å². The number of cyclic esters (lactones) is 1. The lowest BCUT2D eigenvalue weighted by molar-refractivity contribution is -0.156. The van der Waals surface area contributed by atoms with Gasteiger partial charge in [-0.1, -0.05) is 32.9 Å². The van der Waals surface area contributed by atoms with Crippen molar-refractivity contribution in [2.75, 3.05) is 77.6 Å². The van der Waals surface area contributed by atoms with Crippen LogP contribution < -0.4 is 15.6 Å². The number of hydrazine groups is 1. The molecule has 428 valence electrons. The monoisotopic (exact) mass is 1090 g/mol. The summed E-state index contributed by atoms with van der Waals surface area (Å²) < 4.78 is 34.5. The van der Waals surface area contributed by atoms with Crippen molar-refractivity contribution in [3.63, 3.8) is 0 Å². The van der Waals surface area contributed by atoms with Crippen LogP contribution in [-0.2, 0) is 46.3 Å². The van der Waals surface area contributed by atoms with Crippen LogP contribution in [0.4, 0.5) is 5.69 Å². The number of piperazine rings is 1. The summed E-state index contributed by atoms with van der Waals surface area (Å²) in [5.74, 6) is -1.10. The van der Waals surface area contributed by atoms with E-state index in [1.807, 2.05) is 24.4 Å². The fourth-order valence-corrected chi connectivity index (χ4v) is 13.7. The minimum absolute atomic E-state index is 0.0272. The predicted octanol–water partition coefficient (Wildman–Crippen LogP) is 8.01. The third-order valence-electron chi connectivity index (χ3n) is 18.3. The van der Waals surface area contributed by atoms with Crippen LogP contribution in [0.2, 0.25) is 0 Å². The van der Waals surface area contributed by atoms with E-state index >= 15 is 4.79 Å². The molecule has 2 amide bonds. The Hall–Kier alpha value is -5.76. The summed E-state index contributed by atoms with van der Waals surface area (Å²) in [7, 11) is 1.74. The molecule has 7 aliphatic rings. The molecule has 2 aliphatic carbocycles. The van der Waals surface area contributed by atoms with Crippen LogP contribution in [0.25, 0.3) is 33.4 Å². The second kappa shape index (κ2) is 22.5.